The molecule has 104 valence electrons. The summed E-state index contributed by atoms with van der Waals surface area (Å²) >= 11 is 0. The Bertz CT molecular complexity index is 443. The molecule has 1 aliphatic heterocycles. The number of aryl methyl sites for hydroxylation is 1. The van der Waals surface area contributed by atoms with Crippen molar-refractivity contribution in [3.8, 4) is 0 Å². The average Bonchev–Trinajstić information content (AvgIpc) is 3.11. The first-order valence-corrected chi connectivity index (χ1v) is 7.38. The maximum atomic E-state index is 5.85. The second kappa shape index (κ2) is 5.33. The molecule has 0 amide bonds. The molecular formula is C14H23N5. The lowest BCUT2D eigenvalue weighted by Gasteiger charge is -2.16. The fraction of sp³-hybridized carbons (Fsp3) is 0.714. The normalized spacial score (nSPS) is 23.7. The van der Waals surface area contributed by atoms with E-state index in [1.165, 1.54) is 25.8 Å². The van der Waals surface area contributed by atoms with Gasteiger partial charge in [0.25, 0.3) is 0 Å². The summed E-state index contributed by atoms with van der Waals surface area (Å²) in [6.45, 7) is 4.48. The van der Waals surface area contributed by atoms with E-state index in [1.807, 2.05) is 6.07 Å². The monoisotopic (exact) mass is 261 g/mol. The number of hydrogen-bond acceptors (Lipinski definition) is 5. The van der Waals surface area contributed by atoms with Crippen molar-refractivity contribution < 1.29 is 0 Å². The molecule has 1 aromatic rings. The molecule has 3 rings (SSSR count). The van der Waals surface area contributed by atoms with Gasteiger partial charge in [-0.3, -0.25) is 4.90 Å². The van der Waals surface area contributed by atoms with Gasteiger partial charge in [0.05, 0.1) is 0 Å². The molecule has 5 nitrogen and oxygen atoms in total. The Morgan fingerprint density at radius 3 is 2.95 bits per heavy atom. The van der Waals surface area contributed by atoms with E-state index in [0.717, 1.165) is 37.1 Å². The van der Waals surface area contributed by atoms with Crippen LogP contribution in [0.3, 0.4) is 0 Å². The SMILES string of the molecule is CCCc1nc(N)cc(NC2CCN(C3CC3)C2)n1. The van der Waals surface area contributed by atoms with Crippen molar-refractivity contribution in [3.63, 3.8) is 0 Å². The Morgan fingerprint density at radius 1 is 1.37 bits per heavy atom. The third kappa shape index (κ3) is 3.15. The largest absolute Gasteiger partial charge is 0.384 e. The number of nitrogens with two attached hydrogens (primary N) is 1. The zero-order valence-electron chi connectivity index (χ0n) is 11.6. The van der Waals surface area contributed by atoms with Gasteiger partial charge in [-0.1, -0.05) is 6.92 Å². The van der Waals surface area contributed by atoms with Gasteiger partial charge in [-0.25, -0.2) is 9.97 Å². The maximum absolute atomic E-state index is 5.85. The summed E-state index contributed by atoms with van der Waals surface area (Å²) in [6, 6.07) is 3.21. The first-order chi connectivity index (χ1) is 9.24. The molecule has 2 heterocycles. The minimum Gasteiger partial charge on any atom is -0.384 e. The molecule has 0 radical (unpaired) electrons. The van der Waals surface area contributed by atoms with Gasteiger partial charge >= 0.3 is 0 Å². The highest BCUT2D eigenvalue weighted by Gasteiger charge is 2.34. The number of likely N-dealkylation sites (tertiary alicyclic amines) is 1. The summed E-state index contributed by atoms with van der Waals surface area (Å²) in [4.78, 5) is 11.4. The summed E-state index contributed by atoms with van der Waals surface area (Å²) in [7, 11) is 0. The predicted molar refractivity (Wildman–Crippen MR) is 77.1 cm³/mol. The summed E-state index contributed by atoms with van der Waals surface area (Å²) in [5.74, 6) is 2.30. The topological polar surface area (TPSA) is 67.1 Å². The van der Waals surface area contributed by atoms with Crippen molar-refractivity contribution in [2.24, 2.45) is 0 Å². The van der Waals surface area contributed by atoms with Gasteiger partial charge in [-0.2, -0.15) is 0 Å². The second-order valence-electron chi connectivity index (χ2n) is 5.70. The fourth-order valence-electron chi connectivity index (χ4n) is 2.81. The first-order valence-electron chi connectivity index (χ1n) is 7.38. The Labute approximate surface area is 114 Å². The van der Waals surface area contributed by atoms with E-state index < -0.39 is 0 Å². The average molecular weight is 261 g/mol. The zero-order valence-corrected chi connectivity index (χ0v) is 11.6. The standard InChI is InChI=1S/C14H23N5/c1-2-3-13-17-12(15)8-14(18-13)16-10-6-7-19(9-10)11-4-5-11/h8,10-11H,2-7,9H2,1H3,(H3,15,16,17,18). The van der Waals surface area contributed by atoms with Crippen LogP contribution in [0.5, 0.6) is 0 Å². The van der Waals surface area contributed by atoms with Crippen molar-refractivity contribution in [2.45, 2.75) is 51.1 Å². The molecule has 1 aromatic heterocycles. The number of hydrogen-bond donors (Lipinski definition) is 2. The molecule has 2 fully saturated rings. The minimum absolute atomic E-state index is 0.504. The van der Waals surface area contributed by atoms with E-state index in [4.69, 9.17) is 5.73 Å². The van der Waals surface area contributed by atoms with Crippen LogP contribution in [-0.2, 0) is 6.42 Å². The van der Waals surface area contributed by atoms with Crippen molar-refractivity contribution in [1.82, 2.24) is 14.9 Å². The third-order valence-electron chi connectivity index (χ3n) is 3.90. The van der Waals surface area contributed by atoms with Crippen molar-refractivity contribution >= 4 is 11.6 Å². The fourth-order valence-corrected chi connectivity index (χ4v) is 2.81. The van der Waals surface area contributed by atoms with Gasteiger partial charge in [0.1, 0.15) is 17.5 Å². The van der Waals surface area contributed by atoms with Crippen LogP contribution >= 0.6 is 0 Å². The van der Waals surface area contributed by atoms with Crippen LogP contribution in [0.2, 0.25) is 0 Å². The summed E-state index contributed by atoms with van der Waals surface area (Å²) in [5.41, 5.74) is 5.85. The van der Waals surface area contributed by atoms with Crippen molar-refractivity contribution in [3.05, 3.63) is 11.9 Å². The molecule has 1 atom stereocenters. The predicted octanol–water partition coefficient (Wildman–Crippen LogP) is 1.66. The Kier molecular flexibility index (Phi) is 3.55. The second-order valence-corrected chi connectivity index (χ2v) is 5.70. The molecule has 0 spiro atoms. The van der Waals surface area contributed by atoms with E-state index in [9.17, 15) is 0 Å². The number of aromatic nitrogens is 2. The van der Waals surface area contributed by atoms with E-state index in [-0.39, 0.29) is 0 Å². The lowest BCUT2D eigenvalue weighted by Crippen LogP contribution is -2.28. The Hall–Kier alpha value is -1.36. The highest BCUT2D eigenvalue weighted by atomic mass is 15.2. The van der Waals surface area contributed by atoms with Gasteiger partial charge < -0.3 is 11.1 Å². The van der Waals surface area contributed by atoms with Gasteiger partial charge in [0, 0.05) is 37.7 Å². The van der Waals surface area contributed by atoms with E-state index in [2.05, 4.69) is 27.1 Å². The van der Waals surface area contributed by atoms with Gasteiger partial charge in [-0.05, 0) is 25.7 Å². The van der Waals surface area contributed by atoms with Crippen LogP contribution in [0.25, 0.3) is 0 Å². The molecule has 0 bridgehead atoms. The number of nitrogens with zero attached hydrogens (tertiary/aromatic N) is 3. The molecule has 5 heteroatoms. The van der Waals surface area contributed by atoms with Crippen LogP contribution in [0.4, 0.5) is 11.6 Å². The smallest absolute Gasteiger partial charge is 0.133 e. The van der Waals surface area contributed by atoms with Gasteiger partial charge in [0.2, 0.25) is 0 Å². The van der Waals surface area contributed by atoms with Crippen molar-refractivity contribution in [2.75, 3.05) is 24.1 Å². The van der Waals surface area contributed by atoms with Gasteiger partial charge in [0.15, 0.2) is 0 Å². The Morgan fingerprint density at radius 2 is 2.21 bits per heavy atom. The highest BCUT2D eigenvalue weighted by molar-refractivity contribution is 5.45. The van der Waals surface area contributed by atoms with Crippen LogP contribution in [0.1, 0.15) is 38.4 Å². The number of nitrogens with one attached hydrogen (secondary N) is 1. The molecule has 3 N–H and O–H groups in total. The van der Waals surface area contributed by atoms with Crippen LogP contribution in [-0.4, -0.2) is 40.0 Å². The number of nitrogen functional groups attached to an aromatic ring is 1. The molecule has 2 aliphatic rings. The number of anilines is 2. The zero-order chi connectivity index (χ0) is 13.2. The molecule has 19 heavy (non-hydrogen) atoms. The van der Waals surface area contributed by atoms with Gasteiger partial charge in [-0.15, -0.1) is 0 Å². The molecule has 0 aromatic carbocycles. The lowest BCUT2D eigenvalue weighted by molar-refractivity contribution is 0.326. The third-order valence-corrected chi connectivity index (χ3v) is 3.90. The summed E-state index contributed by atoms with van der Waals surface area (Å²) < 4.78 is 0. The summed E-state index contributed by atoms with van der Waals surface area (Å²) in [6.07, 6.45) is 5.89. The van der Waals surface area contributed by atoms with Crippen LogP contribution < -0.4 is 11.1 Å². The van der Waals surface area contributed by atoms with Crippen molar-refractivity contribution in [1.29, 1.82) is 0 Å². The Balaban J connectivity index is 1.62. The quantitative estimate of drug-likeness (QED) is 0.844. The molecular weight excluding hydrogens is 238 g/mol. The van der Waals surface area contributed by atoms with E-state index in [1.54, 1.807) is 0 Å². The van der Waals surface area contributed by atoms with E-state index in [0.29, 0.717) is 11.9 Å². The molecule has 1 saturated carbocycles. The highest BCUT2D eigenvalue weighted by Crippen LogP contribution is 2.30. The van der Waals surface area contributed by atoms with Crippen LogP contribution in [0.15, 0.2) is 6.07 Å². The maximum Gasteiger partial charge on any atom is 0.133 e. The van der Waals surface area contributed by atoms with E-state index >= 15 is 0 Å². The minimum atomic E-state index is 0.504. The summed E-state index contributed by atoms with van der Waals surface area (Å²) in [5, 5.41) is 3.52. The molecule has 1 aliphatic carbocycles. The molecule has 1 unspecified atom stereocenters. The lowest BCUT2D eigenvalue weighted by atomic mass is 10.2. The molecule has 1 saturated heterocycles. The van der Waals surface area contributed by atoms with Crippen LogP contribution in [0, 0.1) is 0 Å². The number of rotatable bonds is 5. The first kappa shape index (κ1) is 12.7.